The van der Waals surface area contributed by atoms with Crippen LogP contribution in [0.15, 0.2) is 18.2 Å². The summed E-state index contributed by atoms with van der Waals surface area (Å²) in [5.74, 6) is 1.62. The van der Waals surface area contributed by atoms with Crippen LogP contribution >= 0.6 is 0 Å². The van der Waals surface area contributed by atoms with Crippen LogP contribution in [0.2, 0.25) is 0 Å². The molecule has 2 amide bonds. The molecule has 0 atom stereocenters. The van der Waals surface area contributed by atoms with Gasteiger partial charge in [0.15, 0.2) is 0 Å². The number of aryl methyl sites for hydroxylation is 2. The molecule has 1 saturated heterocycles. The highest BCUT2D eigenvalue weighted by Gasteiger charge is 2.23. The van der Waals surface area contributed by atoms with E-state index in [0.29, 0.717) is 25.4 Å². The summed E-state index contributed by atoms with van der Waals surface area (Å²) < 4.78 is 5.88. The molecule has 1 aromatic carbocycles. The summed E-state index contributed by atoms with van der Waals surface area (Å²) in [6, 6.07) is 6.30. The van der Waals surface area contributed by atoms with Gasteiger partial charge < -0.3 is 15.0 Å². The maximum Gasteiger partial charge on any atom is 0.222 e. The first-order valence-electron chi connectivity index (χ1n) is 10.1. The van der Waals surface area contributed by atoms with Crippen molar-refractivity contribution in [2.24, 2.45) is 5.92 Å². The Hall–Kier alpha value is -2.04. The van der Waals surface area contributed by atoms with Crippen molar-refractivity contribution in [3.63, 3.8) is 0 Å². The van der Waals surface area contributed by atoms with Crippen molar-refractivity contribution in [2.45, 2.75) is 65.8 Å². The fourth-order valence-corrected chi connectivity index (χ4v) is 3.51. The molecule has 5 heteroatoms. The van der Waals surface area contributed by atoms with Gasteiger partial charge in [-0.15, -0.1) is 0 Å². The average Bonchev–Trinajstić information content (AvgIpc) is 2.60. The Balaban J connectivity index is 1.65. The third-order valence-corrected chi connectivity index (χ3v) is 5.00. The first-order valence-corrected chi connectivity index (χ1v) is 10.1. The normalized spacial score (nSPS) is 15.1. The molecule has 27 heavy (non-hydrogen) atoms. The lowest BCUT2D eigenvalue weighted by atomic mass is 10.0. The van der Waals surface area contributed by atoms with Crippen LogP contribution in [0.3, 0.4) is 0 Å². The van der Waals surface area contributed by atoms with Gasteiger partial charge in [0, 0.05) is 32.0 Å². The molecule has 5 nitrogen and oxygen atoms in total. The van der Waals surface area contributed by atoms with Crippen LogP contribution in [0.25, 0.3) is 0 Å². The highest BCUT2D eigenvalue weighted by Crippen LogP contribution is 2.22. The number of rotatable bonds is 8. The summed E-state index contributed by atoms with van der Waals surface area (Å²) in [7, 11) is 0. The quantitative estimate of drug-likeness (QED) is 0.707. The van der Waals surface area contributed by atoms with E-state index in [1.165, 1.54) is 0 Å². The van der Waals surface area contributed by atoms with E-state index in [1.807, 2.05) is 50.8 Å². The topological polar surface area (TPSA) is 58.6 Å². The van der Waals surface area contributed by atoms with Crippen molar-refractivity contribution < 1.29 is 14.3 Å². The zero-order valence-corrected chi connectivity index (χ0v) is 17.2. The molecule has 1 aliphatic heterocycles. The molecule has 0 unspecified atom stereocenters. The van der Waals surface area contributed by atoms with E-state index >= 15 is 0 Å². The van der Waals surface area contributed by atoms with Crippen molar-refractivity contribution in [3.05, 3.63) is 29.3 Å². The number of carbonyl (C=O) groups excluding carboxylic acids is 2. The third-order valence-electron chi connectivity index (χ3n) is 5.00. The van der Waals surface area contributed by atoms with Crippen LogP contribution in [0.4, 0.5) is 0 Å². The Morgan fingerprint density at radius 1 is 1.19 bits per heavy atom. The minimum atomic E-state index is 0.124. The summed E-state index contributed by atoms with van der Waals surface area (Å²) in [5.41, 5.74) is 2.26. The summed E-state index contributed by atoms with van der Waals surface area (Å²) in [5, 5.41) is 3.09. The standard InChI is InChI=1S/C22H34N2O3/c1-16(2)15-20(25)23-19-10-12-24(13-11-19)21(26)9-6-14-27-22-17(3)7-5-8-18(22)4/h5,7-8,16,19H,6,9-15H2,1-4H3,(H,23,25). The molecule has 0 saturated carbocycles. The van der Waals surface area contributed by atoms with Crippen LogP contribution in [0.1, 0.15) is 57.1 Å². The number of likely N-dealkylation sites (tertiary alicyclic amines) is 1. The predicted octanol–water partition coefficient (Wildman–Crippen LogP) is 3.62. The second-order valence-electron chi connectivity index (χ2n) is 7.99. The highest BCUT2D eigenvalue weighted by molar-refractivity contribution is 5.77. The second kappa shape index (κ2) is 10.3. The van der Waals surface area contributed by atoms with Gasteiger partial charge in [-0.3, -0.25) is 9.59 Å². The minimum absolute atomic E-state index is 0.124. The Kier molecular flexibility index (Phi) is 8.14. The Morgan fingerprint density at radius 3 is 2.41 bits per heavy atom. The van der Waals surface area contributed by atoms with Crippen LogP contribution in [0.5, 0.6) is 5.75 Å². The van der Waals surface area contributed by atoms with Crippen LogP contribution < -0.4 is 10.1 Å². The van der Waals surface area contributed by atoms with Gasteiger partial charge in [0.2, 0.25) is 11.8 Å². The molecular weight excluding hydrogens is 340 g/mol. The molecule has 1 heterocycles. The average molecular weight is 375 g/mol. The summed E-state index contributed by atoms with van der Waals surface area (Å²) in [4.78, 5) is 26.2. The van der Waals surface area contributed by atoms with Crippen molar-refractivity contribution in [1.82, 2.24) is 10.2 Å². The minimum Gasteiger partial charge on any atom is -0.493 e. The largest absolute Gasteiger partial charge is 0.493 e. The van der Waals surface area contributed by atoms with E-state index in [2.05, 4.69) is 5.32 Å². The maximum atomic E-state index is 12.4. The Labute approximate surface area is 163 Å². The monoisotopic (exact) mass is 374 g/mol. The SMILES string of the molecule is Cc1cccc(C)c1OCCCC(=O)N1CCC(NC(=O)CC(C)C)CC1. The van der Waals surface area contributed by atoms with Gasteiger partial charge in [0.25, 0.3) is 0 Å². The van der Waals surface area contributed by atoms with Crippen molar-refractivity contribution in [1.29, 1.82) is 0 Å². The van der Waals surface area contributed by atoms with Crippen LogP contribution in [-0.4, -0.2) is 42.5 Å². The molecule has 1 aromatic rings. The molecule has 0 radical (unpaired) electrons. The van der Waals surface area contributed by atoms with Crippen molar-refractivity contribution in [3.8, 4) is 5.75 Å². The molecule has 1 aliphatic rings. The maximum absolute atomic E-state index is 12.4. The lowest BCUT2D eigenvalue weighted by Crippen LogP contribution is -2.46. The summed E-state index contributed by atoms with van der Waals surface area (Å²) in [6.45, 7) is 10.2. The molecule has 2 rings (SSSR count). The number of hydrogen-bond donors (Lipinski definition) is 1. The van der Waals surface area contributed by atoms with Gasteiger partial charge in [0.05, 0.1) is 6.61 Å². The molecule has 0 bridgehead atoms. The van der Waals surface area contributed by atoms with Gasteiger partial charge in [0.1, 0.15) is 5.75 Å². The number of piperidine rings is 1. The zero-order valence-electron chi connectivity index (χ0n) is 17.2. The molecule has 0 aliphatic carbocycles. The lowest BCUT2D eigenvalue weighted by molar-refractivity contribution is -0.132. The fourth-order valence-electron chi connectivity index (χ4n) is 3.51. The van der Waals surface area contributed by atoms with E-state index in [1.54, 1.807) is 0 Å². The number of carbonyl (C=O) groups is 2. The number of hydrogen-bond acceptors (Lipinski definition) is 3. The molecule has 0 spiro atoms. The molecule has 0 aromatic heterocycles. The number of amides is 2. The predicted molar refractivity (Wildman–Crippen MR) is 108 cm³/mol. The Bertz CT molecular complexity index is 614. The van der Waals surface area contributed by atoms with Crippen LogP contribution in [-0.2, 0) is 9.59 Å². The van der Waals surface area contributed by atoms with Gasteiger partial charge in [-0.05, 0) is 50.2 Å². The lowest BCUT2D eigenvalue weighted by Gasteiger charge is -2.32. The Morgan fingerprint density at radius 2 is 1.81 bits per heavy atom. The van der Waals surface area contributed by atoms with Crippen LogP contribution in [0, 0.1) is 19.8 Å². The van der Waals surface area contributed by atoms with Gasteiger partial charge >= 0.3 is 0 Å². The number of para-hydroxylation sites is 1. The van der Waals surface area contributed by atoms with E-state index < -0.39 is 0 Å². The van der Waals surface area contributed by atoms with Crippen molar-refractivity contribution in [2.75, 3.05) is 19.7 Å². The molecule has 1 fully saturated rings. The van der Waals surface area contributed by atoms with E-state index in [4.69, 9.17) is 4.74 Å². The van der Waals surface area contributed by atoms with E-state index in [0.717, 1.165) is 49.2 Å². The third kappa shape index (κ3) is 6.89. The first-order chi connectivity index (χ1) is 12.9. The summed E-state index contributed by atoms with van der Waals surface area (Å²) in [6.07, 6.45) is 3.48. The molecule has 1 N–H and O–H groups in total. The van der Waals surface area contributed by atoms with Gasteiger partial charge in [-0.1, -0.05) is 32.0 Å². The fraction of sp³-hybridized carbons (Fsp3) is 0.636. The number of ether oxygens (including phenoxy) is 1. The number of nitrogens with one attached hydrogen (secondary N) is 1. The number of benzene rings is 1. The summed E-state index contributed by atoms with van der Waals surface area (Å²) >= 11 is 0. The zero-order chi connectivity index (χ0) is 19.8. The number of nitrogens with zero attached hydrogens (tertiary/aromatic N) is 1. The smallest absolute Gasteiger partial charge is 0.222 e. The van der Waals surface area contributed by atoms with E-state index in [9.17, 15) is 9.59 Å². The van der Waals surface area contributed by atoms with Gasteiger partial charge in [-0.25, -0.2) is 0 Å². The first kappa shape index (κ1) is 21.3. The second-order valence-corrected chi connectivity index (χ2v) is 7.99. The molecular formula is C22H34N2O3. The van der Waals surface area contributed by atoms with Crippen molar-refractivity contribution >= 4 is 11.8 Å². The molecule has 150 valence electrons. The van der Waals surface area contributed by atoms with Gasteiger partial charge in [-0.2, -0.15) is 0 Å². The van der Waals surface area contributed by atoms with E-state index in [-0.39, 0.29) is 17.9 Å². The highest BCUT2D eigenvalue weighted by atomic mass is 16.5.